The van der Waals surface area contributed by atoms with Crippen LogP contribution >= 0.6 is 0 Å². The summed E-state index contributed by atoms with van der Waals surface area (Å²) < 4.78 is 44.4. The smallest absolute Gasteiger partial charge is 0.339 e. The lowest BCUT2D eigenvalue weighted by Gasteiger charge is -2.08. The third-order valence-corrected chi connectivity index (χ3v) is 3.75. The number of halogens is 3. The highest BCUT2D eigenvalue weighted by Gasteiger charge is 2.34. The quantitative estimate of drug-likeness (QED) is 0.726. The van der Waals surface area contributed by atoms with Crippen molar-refractivity contribution in [2.75, 3.05) is 0 Å². The first kappa shape index (κ1) is 16.9. The molecule has 8 heteroatoms. The van der Waals surface area contributed by atoms with Gasteiger partial charge >= 0.3 is 6.18 Å². The molecule has 0 unspecified atom stereocenters. The number of hydrogen-bond acceptors (Lipinski definition) is 4. The predicted octanol–water partition coefficient (Wildman–Crippen LogP) is 3.20. The Labute approximate surface area is 140 Å². The number of hydrogen-bond donors (Lipinski definition) is 0. The van der Waals surface area contributed by atoms with Crippen LogP contribution in [0.3, 0.4) is 0 Å². The maximum absolute atomic E-state index is 12.8. The van der Waals surface area contributed by atoms with Gasteiger partial charge in [-0.2, -0.15) is 18.2 Å². The molecule has 0 saturated carbocycles. The number of aromatic nitrogens is 3. The monoisotopic (exact) mass is 349 g/mol. The molecule has 0 aliphatic rings. The van der Waals surface area contributed by atoms with E-state index in [1.165, 1.54) is 12.3 Å². The van der Waals surface area contributed by atoms with Gasteiger partial charge in [-0.05, 0) is 30.2 Å². The summed E-state index contributed by atoms with van der Waals surface area (Å²) in [6.45, 7) is 1.76. The Kier molecular flexibility index (Phi) is 4.43. The SMILES string of the molecule is Cc1ccccc1Cc1nc(Cn2cccc(C(F)(F)F)c2=O)no1. The van der Waals surface area contributed by atoms with E-state index >= 15 is 0 Å². The van der Waals surface area contributed by atoms with Gasteiger partial charge in [0.2, 0.25) is 5.89 Å². The standard InChI is InChI=1S/C17H14F3N3O2/c1-11-5-2-3-6-12(11)9-15-21-14(22-25-15)10-23-8-4-7-13(16(23)24)17(18,19)20/h2-8H,9-10H2,1H3. The maximum atomic E-state index is 12.8. The summed E-state index contributed by atoms with van der Waals surface area (Å²) in [5, 5.41) is 3.74. The molecular weight excluding hydrogens is 335 g/mol. The van der Waals surface area contributed by atoms with Crippen LogP contribution in [-0.4, -0.2) is 14.7 Å². The van der Waals surface area contributed by atoms with Gasteiger partial charge in [0.25, 0.3) is 5.56 Å². The van der Waals surface area contributed by atoms with E-state index in [1.807, 2.05) is 31.2 Å². The van der Waals surface area contributed by atoms with Crippen molar-refractivity contribution in [3.05, 3.63) is 81.4 Å². The van der Waals surface area contributed by atoms with Crippen molar-refractivity contribution < 1.29 is 17.7 Å². The lowest BCUT2D eigenvalue weighted by Crippen LogP contribution is -2.28. The summed E-state index contributed by atoms with van der Waals surface area (Å²) in [6.07, 6.45) is -3.03. The topological polar surface area (TPSA) is 60.9 Å². The van der Waals surface area contributed by atoms with Crippen molar-refractivity contribution >= 4 is 0 Å². The highest BCUT2D eigenvalue weighted by atomic mass is 19.4. The summed E-state index contributed by atoms with van der Waals surface area (Å²) in [5.41, 5.74) is -0.288. The van der Waals surface area contributed by atoms with E-state index in [1.54, 1.807) is 0 Å². The van der Waals surface area contributed by atoms with Gasteiger partial charge in [0.15, 0.2) is 5.82 Å². The molecule has 0 radical (unpaired) electrons. The van der Waals surface area contributed by atoms with Crippen LogP contribution in [0, 0.1) is 6.92 Å². The van der Waals surface area contributed by atoms with Gasteiger partial charge in [0, 0.05) is 6.20 Å². The molecule has 0 aliphatic heterocycles. The first-order chi connectivity index (χ1) is 11.8. The van der Waals surface area contributed by atoms with Crippen LogP contribution in [0.1, 0.15) is 28.4 Å². The highest BCUT2D eigenvalue weighted by molar-refractivity contribution is 5.27. The third kappa shape index (κ3) is 3.78. The van der Waals surface area contributed by atoms with E-state index in [4.69, 9.17) is 4.52 Å². The first-order valence-electron chi connectivity index (χ1n) is 7.47. The van der Waals surface area contributed by atoms with Crippen molar-refractivity contribution in [2.45, 2.75) is 26.1 Å². The molecular formula is C17H14F3N3O2. The van der Waals surface area contributed by atoms with Crippen molar-refractivity contribution in [3.8, 4) is 0 Å². The van der Waals surface area contributed by atoms with Crippen LogP contribution in [-0.2, 0) is 19.1 Å². The van der Waals surface area contributed by atoms with Crippen LogP contribution < -0.4 is 5.56 Å². The Bertz CT molecular complexity index is 945. The van der Waals surface area contributed by atoms with Crippen molar-refractivity contribution in [2.24, 2.45) is 0 Å². The van der Waals surface area contributed by atoms with E-state index in [9.17, 15) is 18.0 Å². The number of nitrogens with zero attached hydrogens (tertiary/aromatic N) is 3. The second-order valence-electron chi connectivity index (χ2n) is 5.56. The molecule has 0 fully saturated rings. The summed E-state index contributed by atoms with van der Waals surface area (Å²) in [4.78, 5) is 16.1. The molecule has 0 amide bonds. The second kappa shape index (κ2) is 6.54. The van der Waals surface area contributed by atoms with E-state index in [2.05, 4.69) is 10.1 Å². The molecule has 3 aromatic rings. The van der Waals surface area contributed by atoms with Gasteiger partial charge < -0.3 is 9.09 Å². The van der Waals surface area contributed by atoms with E-state index in [-0.39, 0.29) is 12.4 Å². The minimum atomic E-state index is -4.70. The Morgan fingerprint density at radius 3 is 2.64 bits per heavy atom. The summed E-state index contributed by atoms with van der Waals surface area (Å²) in [5.74, 6) is 0.481. The van der Waals surface area contributed by atoms with E-state index in [0.717, 1.165) is 21.8 Å². The molecule has 0 aliphatic carbocycles. The molecule has 5 nitrogen and oxygen atoms in total. The first-order valence-corrected chi connectivity index (χ1v) is 7.47. The molecule has 25 heavy (non-hydrogen) atoms. The number of pyridine rings is 1. The Balaban J connectivity index is 1.81. The van der Waals surface area contributed by atoms with Gasteiger partial charge in [-0.15, -0.1) is 0 Å². The number of rotatable bonds is 4. The fourth-order valence-electron chi connectivity index (χ4n) is 2.43. The zero-order valence-corrected chi connectivity index (χ0v) is 13.2. The third-order valence-electron chi connectivity index (χ3n) is 3.75. The van der Waals surface area contributed by atoms with Crippen LogP contribution in [0.4, 0.5) is 13.2 Å². The van der Waals surface area contributed by atoms with Gasteiger partial charge in [-0.3, -0.25) is 4.79 Å². The fraction of sp³-hybridized carbons (Fsp3) is 0.235. The maximum Gasteiger partial charge on any atom is 0.421 e. The number of aryl methyl sites for hydroxylation is 1. The summed E-state index contributed by atoms with van der Waals surface area (Å²) in [7, 11) is 0. The average molecular weight is 349 g/mol. The normalized spacial score (nSPS) is 11.7. The minimum absolute atomic E-state index is 0.144. The lowest BCUT2D eigenvalue weighted by atomic mass is 10.1. The second-order valence-corrected chi connectivity index (χ2v) is 5.56. The lowest BCUT2D eigenvalue weighted by molar-refractivity contribution is -0.138. The Morgan fingerprint density at radius 2 is 1.92 bits per heavy atom. The molecule has 130 valence electrons. The van der Waals surface area contributed by atoms with Crippen LogP contribution in [0.15, 0.2) is 51.9 Å². The molecule has 0 spiro atoms. The van der Waals surface area contributed by atoms with Crippen molar-refractivity contribution in [3.63, 3.8) is 0 Å². The highest BCUT2D eigenvalue weighted by Crippen LogP contribution is 2.26. The van der Waals surface area contributed by atoms with Gasteiger partial charge in [-0.25, -0.2) is 0 Å². The fourth-order valence-corrected chi connectivity index (χ4v) is 2.43. The average Bonchev–Trinajstić information content (AvgIpc) is 2.98. The molecule has 2 aromatic heterocycles. The number of alkyl halides is 3. The van der Waals surface area contributed by atoms with Crippen LogP contribution in [0.5, 0.6) is 0 Å². The van der Waals surface area contributed by atoms with Gasteiger partial charge in [0.1, 0.15) is 5.56 Å². The molecule has 0 bridgehead atoms. The molecule has 0 saturated heterocycles. The summed E-state index contributed by atoms with van der Waals surface area (Å²) >= 11 is 0. The van der Waals surface area contributed by atoms with Crippen LogP contribution in [0.2, 0.25) is 0 Å². The van der Waals surface area contributed by atoms with E-state index in [0.29, 0.717) is 12.3 Å². The molecule has 2 heterocycles. The largest absolute Gasteiger partial charge is 0.421 e. The Hall–Kier alpha value is -2.90. The molecule has 0 atom stereocenters. The van der Waals surface area contributed by atoms with E-state index < -0.39 is 17.3 Å². The minimum Gasteiger partial charge on any atom is -0.339 e. The van der Waals surface area contributed by atoms with Crippen molar-refractivity contribution in [1.29, 1.82) is 0 Å². The molecule has 1 aromatic carbocycles. The predicted molar refractivity (Wildman–Crippen MR) is 83.1 cm³/mol. The van der Waals surface area contributed by atoms with Crippen molar-refractivity contribution in [1.82, 2.24) is 14.7 Å². The molecule has 3 rings (SSSR count). The number of benzene rings is 1. The van der Waals surface area contributed by atoms with Crippen LogP contribution in [0.25, 0.3) is 0 Å². The molecule has 0 N–H and O–H groups in total. The van der Waals surface area contributed by atoms with Gasteiger partial charge in [0.05, 0.1) is 13.0 Å². The zero-order valence-electron chi connectivity index (χ0n) is 13.2. The summed E-state index contributed by atoms with van der Waals surface area (Å²) in [6, 6.07) is 9.60. The van der Waals surface area contributed by atoms with Gasteiger partial charge in [-0.1, -0.05) is 29.4 Å². The Morgan fingerprint density at radius 1 is 1.16 bits per heavy atom. The zero-order chi connectivity index (χ0) is 18.0.